The van der Waals surface area contributed by atoms with Crippen molar-refractivity contribution < 1.29 is 9.59 Å². The largest absolute Gasteiger partial charge is 0.356 e. The maximum atomic E-state index is 11.6. The average molecular weight is 300 g/mol. The van der Waals surface area contributed by atoms with Crippen LogP contribution in [0.15, 0.2) is 16.7 Å². The second kappa shape index (κ2) is 5.35. The summed E-state index contributed by atoms with van der Waals surface area (Å²) in [6.45, 7) is 0.914. The lowest BCUT2D eigenvalue weighted by molar-refractivity contribution is -0.122. The third-order valence-corrected chi connectivity index (χ3v) is 3.01. The average Bonchev–Trinajstić information content (AvgIpc) is 3.07. The molecule has 1 heterocycles. The number of nitrogens with one attached hydrogen (secondary N) is 3. The Bertz CT molecular complexity index is 426. The number of aromatic amines is 1. The van der Waals surface area contributed by atoms with E-state index in [0.29, 0.717) is 18.8 Å². The Labute approximate surface area is 107 Å². The van der Waals surface area contributed by atoms with Crippen molar-refractivity contribution in [2.75, 3.05) is 13.1 Å². The van der Waals surface area contributed by atoms with Gasteiger partial charge >= 0.3 is 0 Å². The minimum atomic E-state index is -0.170. The lowest BCUT2D eigenvalue weighted by atomic mass is 10.4. The first kappa shape index (κ1) is 12.2. The summed E-state index contributed by atoms with van der Waals surface area (Å²) in [7, 11) is 0. The molecule has 5 nitrogen and oxygen atoms in total. The summed E-state index contributed by atoms with van der Waals surface area (Å²) in [6, 6.07) is 1.71. The normalized spacial score (nSPS) is 14.4. The summed E-state index contributed by atoms with van der Waals surface area (Å²) < 4.78 is 0.838. The highest BCUT2D eigenvalue weighted by Crippen LogP contribution is 2.28. The minimum absolute atomic E-state index is 0.0990. The molecule has 0 spiro atoms. The van der Waals surface area contributed by atoms with Gasteiger partial charge in [-0.2, -0.15) is 0 Å². The zero-order valence-electron chi connectivity index (χ0n) is 9.25. The Morgan fingerprint density at radius 1 is 1.35 bits per heavy atom. The molecule has 3 N–H and O–H groups in total. The van der Waals surface area contributed by atoms with Crippen molar-refractivity contribution in [2.45, 2.75) is 12.8 Å². The predicted octanol–water partition coefficient (Wildman–Crippen LogP) is 1.03. The topological polar surface area (TPSA) is 74.0 Å². The Morgan fingerprint density at radius 2 is 2.06 bits per heavy atom. The molecule has 0 saturated heterocycles. The molecule has 0 bridgehead atoms. The van der Waals surface area contributed by atoms with Gasteiger partial charge in [0.1, 0.15) is 5.69 Å². The highest BCUT2D eigenvalue weighted by Gasteiger charge is 2.28. The van der Waals surface area contributed by atoms with Crippen molar-refractivity contribution in [3.8, 4) is 0 Å². The number of aromatic nitrogens is 1. The van der Waals surface area contributed by atoms with E-state index in [-0.39, 0.29) is 17.7 Å². The number of hydrogen-bond donors (Lipinski definition) is 3. The van der Waals surface area contributed by atoms with Crippen molar-refractivity contribution in [1.82, 2.24) is 15.6 Å². The highest BCUT2D eigenvalue weighted by molar-refractivity contribution is 9.10. The van der Waals surface area contributed by atoms with Crippen molar-refractivity contribution in [2.24, 2.45) is 5.92 Å². The molecule has 1 fully saturated rings. The van der Waals surface area contributed by atoms with Crippen LogP contribution in [0, 0.1) is 5.92 Å². The van der Waals surface area contributed by atoms with E-state index in [0.717, 1.165) is 17.3 Å². The van der Waals surface area contributed by atoms with Gasteiger partial charge in [-0.25, -0.2) is 0 Å². The van der Waals surface area contributed by atoms with Gasteiger partial charge in [0.05, 0.1) is 0 Å². The number of hydrogen-bond acceptors (Lipinski definition) is 2. The summed E-state index contributed by atoms with van der Waals surface area (Å²) in [6.07, 6.45) is 3.69. The van der Waals surface area contributed by atoms with Crippen LogP contribution < -0.4 is 10.6 Å². The molecular weight excluding hydrogens is 286 g/mol. The van der Waals surface area contributed by atoms with Crippen LogP contribution in [0.2, 0.25) is 0 Å². The van der Waals surface area contributed by atoms with Crippen LogP contribution in [-0.4, -0.2) is 29.9 Å². The second-order valence-electron chi connectivity index (χ2n) is 4.05. The molecule has 2 amide bonds. The van der Waals surface area contributed by atoms with Crippen LogP contribution in [0.25, 0.3) is 0 Å². The molecule has 0 unspecified atom stereocenters. The fourth-order valence-electron chi connectivity index (χ4n) is 1.45. The van der Waals surface area contributed by atoms with Crippen LogP contribution in [0.1, 0.15) is 23.3 Å². The Hall–Kier alpha value is -1.30. The fourth-order valence-corrected chi connectivity index (χ4v) is 1.79. The predicted molar refractivity (Wildman–Crippen MR) is 66.6 cm³/mol. The Balaban J connectivity index is 1.64. The first-order valence-electron chi connectivity index (χ1n) is 5.56. The summed E-state index contributed by atoms with van der Waals surface area (Å²) in [5.41, 5.74) is 0.505. The molecule has 92 valence electrons. The summed E-state index contributed by atoms with van der Waals surface area (Å²) in [4.78, 5) is 25.7. The van der Waals surface area contributed by atoms with Gasteiger partial charge in [0.15, 0.2) is 0 Å². The van der Waals surface area contributed by atoms with Gasteiger partial charge < -0.3 is 15.6 Å². The van der Waals surface area contributed by atoms with Crippen molar-refractivity contribution in [1.29, 1.82) is 0 Å². The summed E-state index contributed by atoms with van der Waals surface area (Å²) in [5, 5.41) is 5.50. The van der Waals surface area contributed by atoms with Crippen molar-refractivity contribution in [3.63, 3.8) is 0 Å². The molecule has 0 aromatic carbocycles. The quantitative estimate of drug-likeness (QED) is 0.711. The minimum Gasteiger partial charge on any atom is -0.356 e. The standard InChI is InChI=1S/C11H14BrN3O2/c12-8-5-9(15-6-8)11(17)14-4-3-13-10(16)7-1-2-7/h5-7,15H,1-4H2,(H,13,16)(H,14,17). The molecule has 1 aromatic heterocycles. The van der Waals surface area contributed by atoms with Gasteiger partial charge in [-0.3, -0.25) is 9.59 Å². The molecule has 17 heavy (non-hydrogen) atoms. The van der Waals surface area contributed by atoms with E-state index >= 15 is 0 Å². The number of H-pyrrole nitrogens is 1. The lowest BCUT2D eigenvalue weighted by Gasteiger charge is -2.05. The van der Waals surface area contributed by atoms with E-state index in [2.05, 4.69) is 31.5 Å². The van der Waals surface area contributed by atoms with Crippen LogP contribution >= 0.6 is 15.9 Å². The van der Waals surface area contributed by atoms with Gasteiger partial charge in [-0.05, 0) is 34.8 Å². The molecule has 1 aliphatic carbocycles. The number of carbonyl (C=O) groups excluding carboxylic acids is 2. The molecule has 1 saturated carbocycles. The third kappa shape index (κ3) is 3.59. The van der Waals surface area contributed by atoms with E-state index in [9.17, 15) is 9.59 Å². The Morgan fingerprint density at radius 3 is 2.65 bits per heavy atom. The molecule has 6 heteroatoms. The summed E-state index contributed by atoms with van der Waals surface area (Å²) in [5.74, 6) is 0.142. The number of amides is 2. The second-order valence-corrected chi connectivity index (χ2v) is 4.97. The molecule has 2 rings (SSSR count). The number of carbonyl (C=O) groups is 2. The smallest absolute Gasteiger partial charge is 0.267 e. The van der Waals surface area contributed by atoms with E-state index < -0.39 is 0 Å². The van der Waals surface area contributed by atoms with E-state index in [1.54, 1.807) is 12.3 Å². The van der Waals surface area contributed by atoms with E-state index in [4.69, 9.17) is 0 Å². The zero-order valence-corrected chi connectivity index (χ0v) is 10.8. The highest BCUT2D eigenvalue weighted by atomic mass is 79.9. The third-order valence-electron chi connectivity index (χ3n) is 2.55. The fraction of sp³-hybridized carbons (Fsp3) is 0.455. The summed E-state index contributed by atoms with van der Waals surface area (Å²) >= 11 is 3.26. The van der Waals surface area contributed by atoms with Gasteiger partial charge in [0.25, 0.3) is 5.91 Å². The molecule has 0 aliphatic heterocycles. The first-order chi connectivity index (χ1) is 8.16. The maximum absolute atomic E-state index is 11.6. The van der Waals surface area contributed by atoms with E-state index in [1.807, 2.05) is 0 Å². The van der Waals surface area contributed by atoms with Gasteiger partial charge in [0.2, 0.25) is 5.91 Å². The van der Waals surface area contributed by atoms with Crippen LogP contribution in [0.4, 0.5) is 0 Å². The Kier molecular flexibility index (Phi) is 3.83. The zero-order chi connectivity index (χ0) is 12.3. The van der Waals surface area contributed by atoms with Crippen molar-refractivity contribution >= 4 is 27.7 Å². The molecular formula is C11H14BrN3O2. The molecule has 0 radical (unpaired) electrons. The first-order valence-corrected chi connectivity index (χ1v) is 6.36. The van der Waals surface area contributed by atoms with Gasteiger partial charge in [0, 0.05) is 29.7 Å². The number of halogens is 1. The molecule has 0 atom stereocenters. The molecule has 1 aliphatic rings. The van der Waals surface area contributed by atoms with E-state index in [1.165, 1.54) is 0 Å². The monoisotopic (exact) mass is 299 g/mol. The molecule has 1 aromatic rings. The van der Waals surface area contributed by atoms with Crippen LogP contribution in [-0.2, 0) is 4.79 Å². The number of rotatable bonds is 5. The van der Waals surface area contributed by atoms with Crippen LogP contribution in [0.3, 0.4) is 0 Å². The SMILES string of the molecule is O=C(NCCNC(=O)C1CC1)c1cc(Br)c[nH]1. The maximum Gasteiger partial charge on any atom is 0.267 e. The lowest BCUT2D eigenvalue weighted by Crippen LogP contribution is -2.35. The van der Waals surface area contributed by atoms with Gasteiger partial charge in [-0.1, -0.05) is 0 Å². The van der Waals surface area contributed by atoms with Gasteiger partial charge in [-0.15, -0.1) is 0 Å². The van der Waals surface area contributed by atoms with Crippen molar-refractivity contribution in [3.05, 3.63) is 22.4 Å². The van der Waals surface area contributed by atoms with Crippen LogP contribution in [0.5, 0.6) is 0 Å².